The van der Waals surface area contributed by atoms with Crippen molar-refractivity contribution in [2.75, 3.05) is 11.4 Å². The number of hydrogen-bond donors (Lipinski definition) is 0. The first kappa shape index (κ1) is 11.3. The van der Waals surface area contributed by atoms with Gasteiger partial charge in [-0.3, -0.25) is 0 Å². The highest BCUT2D eigenvalue weighted by Gasteiger charge is 2.46. The zero-order valence-corrected chi connectivity index (χ0v) is 10.5. The number of aromatic nitrogens is 1. The van der Waals surface area contributed by atoms with Crippen molar-refractivity contribution in [3.63, 3.8) is 0 Å². The third-order valence-corrected chi connectivity index (χ3v) is 3.99. The van der Waals surface area contributed by atoms with E-state index in [2.05, 4.69) is 0 Å². The summed E-state index contributed by atoms with van der Waals surface area (Å²) >= 11 is 1.45. The molecule has 0 fully saturated rings. The molecule has 86 valence electrons. The summed E-state index contributed by atoms with van der Waals surface area (Å²) in [7, 11) is 0. The lowest BCUT2D eigenvalue weighted by Crippen LogP contribution is -2.60. The van der Waals surface area contributed by atoms with Crippen molar-refractivity contribution in [1.29, 1.82) is 0 Å². The zero-order valence-electron chi connectivity index (χ0n) is 9.69. The number of aryl methyl sites for hydroxylation is 1. The standard InChI is InChI=1S/C11H15N2O2S/c1-4-8-9(14)12(5-2)11-13(10(8)15)7(3)6-16-11/h6,8H,4-5H2,1-3H3/q+1. The molecule has 0 saturated heterocycles. The Morgan fingerprint density at radius 3 is 2.69 bits per heavy atom. The Labute approximate surface area is 98.5 Å². The third kappa shape index (κ3) is 1.38. The van der Waals surface area contributed by atoms with E-state index in [0.29, 0.717) is 13.0 Å². The smallest absolute Gasteiger partial charge is 0.246 e. The van der Waals surface area contributed by atoms with E-state index in [-0.39, 0.29) is 11.8 Å². The van der Waals surface area contributed by atoms with Gasteiger partial charge in [0.05, 0.1) is 6.54 Å². The number of carbonyl (C=O) groups excluding carboxylic acids is 2. The van der Waals surface area contributed by atoms with Crippen molar-refractivity contribution >= 4 is 28.3 Å². The van der Waals surface area contributed by atoms with E-state index in [1.54, 1.807) is 9.47 Å². The van der Waals surface area contributed by atoms with Gasteiger partial charge in [0.2, 0.25) is 0 Å². The topological polar surface area (TPSA) is 41.3 Å². The molecule has 16 heavy (non-hydrogen) atoms. The number of rotatable bonds is 2. The predicted octanol–water partition coefficient (Wildman–Crippen LogP) is 1.38. The van der Waals surface area contributed by atoms with Gasteiger partial charge in [-0.15, -0.1) is 0 Å². The van der Waals surface area contributed by atoms with Gasteiger partial charge in [-0.25, -0.2) is 9.59 Å². The molecule has 1 atom stereocenters. The van der Waals surface area contributed by atoms with E-state index in [0.717, 1.165) is 10.8 Å². The van der Waals surface area contributed by atoms with Crippen molar-refractivity contribution in [1.82, 2.24) is 0 Å². The van der Waals surface area contributed by atoms with Crippen LogP contribution in [0, 0.1) is 12.8 Å². The molecule has 0 N–H and O–H groups in total. The maximum absolute atomic E-state index is 12.1. The molecule has 1 aromatic rings. The molecule has 0 spiro atoms. The fraction of sp³-hybridized carbons (Fsp3) is 0.545. The Morgan fingerprint density at radius 2 is 2.12 bits per heavy atom. The van der Waals surface area contributed by atoms with Crippen LogP contribution in [-0.4, -0.2) is 18.4 Å². The first-order chi connectivity index (χ1) is 7.61. The maximum Gasteiger partial charge on any atom is 0.351 e. The fourth-order valence-electron chi connectivity index (χ4n) is 2.03. The monoisotopic (exact) mass is 239 g/mol. The van der Waals surface area contributed by atoms with E-state index in [9.17, 15) is 9.59 Å². The lowest BCUT2D eigenvalue weighted by Gasteiger charge is -2.22. The largest absolute Gasteiger partial charge is 0.351 e. The second kappa shape index (κ2) is 3.97. The van der Waals surface area contributed by atoms with Gasteiger partial charge in [-0.05, 0) is 20.3 Å². The second-order valence-electron chi connectivity index (χ2n) is 3.88. The van der Waals surface area contributed by atoms with E-state index in [1.165, 1.54) is 11.3 Å². The number of carbonyl (C=O) groups is 2. The average Bonchev–Trinajstić information content (AvgIpc) is 2.62. The number of fused-ring (bicyclic) bond motifs is 1. The first-order valence-electron chi connectivity index (χ1n) is 5.47. The average molecular weight is 239 g/mol. The van der Waals surface area contributed by atoms with Crippen LogP contribution in [0.25, 0.3) is 0 Å². The molecule has 0 aliphatic carbocycles. The minimum Gasteiger partial charge on any atom is -0.246 e. The minimum atomic E-state index is -0.509. The molecule has 0 aromatic carbocycles. The van der Waals surface area contributed by atoms with Crippen molar-refractivity contribution < 1.29 is 14.2 Å². The number of nitrogens with zero attached hydrogens (tertiary/aromatic N) is 2. The van der Waals surface area contributed by atoms with E-state index in [1.807, 2.05) is 26.2 Å². The van der Waals surface area contributed by atoms with Gasteiger partial charge in [0.1, 0.15) is 5.69 Å². The Balaban J connectivity index is 2.58. The third-order valence-electron chi connectivity index (χ3n) is 2.92. The lowest BCUT2D eigenvalue weighted by atomic mass is 10.0. The van der Waals surface area contributed by atoms with Crippen LogP contribution >= 0.6 is 11.3 Å². The van der Waals surface area contributed by atoms with Gasteiger partial charge in [0, 0.05) is 5.38 Å². The Kier molecular flexibility index (Phi) is 2.80. The summed E-state index contributed by atoms with van der Waals surface area (Å²) in [5.74, 6) is -0.645. The molecule has 2 heterocycles. The highest BCUT2D eigenvalue weighted by atomic mass is 32.1. The van der Waals surface area contributed by atoms with Crippen LogP contribution in [0.4, 0.5) is 5.13 Å². The molecule has 1 aliphatic rings. The van der Waals surface area contributed by atoms with Crippen molar-refractivity contribution in [2.24, 2.45) is 5.92 Å². The lowest BCUT2D eigenvalue weighted by molar-refractivity contribution is -0.567. The van der Waals surface area contributed by atoms with Gasteiger partial charge in [0.25, 0.3) is 0 Å². The van der Waals surface area contributed by atoms with Crippen LogP contribution in [0.1, 0.15) is 30.8 Å². The summed E-state index contributed by atoms with van der Waals surface area (Å²) in [5.41, 5.74) is 0.911. The molecule has 1 unspecified atom stereocenters. The Bertz CT molecular complexity index is 453. The summed E-state index contributed by atoms with van der Waals surface area (Å²) in [6.07, 6.45) is 0.565. The molecule has 1 aromatic heterocycles. The van der Waals surface area contributed by atoms with Crippen molar-refractivity contribution in [2.45, 2.75) is 27.2 Å². The Morgan fingerprint density at radius 1 is 1.44 bits per heavy atom. The number of hydrogen-bond acceptors (Lipinski definition) is 3. The second-order valence-corrected chi connectivity index (χ2v) is 4.71. The zero-order chi connectivity index (χ0) is 11.9. The normalized spacial score (nSPS) is 20.2. The van der Waals surface area contributed by atoms with Gasteiger partial charge in [-0.1, -0.05) is 18.3 Å². The molecule has 1 amide bonds. The van der Waals surface area contributed by atoms with Gasteiger partial charge >= 0.3 is 16.9 Å². The summed E-state index contributed by atoms with van der Waals surface area (Å²) < 4.78 is 1.67. The molecular formula is C11H15N2O2S+. The first-order valence-corrected chi connectivity index (χ1v) is 6.35. The van der Waals surface area contributed by atoms with Crippen LogP contribution in [0.15, 0.2) is 5.38 Å². The van der Waals surface area contributed by atoms with Crippen LogP contribution in [0.3, 0.4) is 0 Å². The summed E-state index contributed by atoms with van der Waals surface area (Å²) in [6, 6.07) is 0. The summed E-state index contributed by atoms with van der Waals surface area (Å²) in [4.78, 5) is 25.9. The maximum atomic E-state index is 12.1. The highest BCUT2D eigenvalue weighted by Crippen LogP contribution is 2.26. The number of anilines is 1. The van der Waals surface area contributed by atoms with Gasteiger partial charge in [-0.2, -0.15) is 9.47 Å². The number of thiazole rings is 1. The quantitative estimate of drug-likeness (QED) is 0.578. The Hall–Kier alpha value is -1.23. The summed E-state index contributed by atoms with van der Waals surface area (Å²) in [6.45, 7) is 6.32. The van der Waals surface area contributed by atoms with Gasteiger partial charge in [0.15, 0.2) is 5.92 Å². The van der Waals surface area contributed by atoms with Crippen molar-refractivity contribution in [3.05, 3.63) is 11.1 Å². The minimum absolute atomic E-state index is 0.0585. The molecule has 0 saturated carbocycles. The molecule has 0 bridgehead atoms. The van der Waals surface area contributed by atoms with Crippen LogP contribution < -0.4 is 9.47 Å². The van der Waals surface area contributed by atoms with Crippen LogP contribution in [0.5, 0.6) is 0 Å². The van der Waals surface area contributed by atoms with E-state index in [4.69, 9.17) is 0 Å². The predicted molar refractivity (Wildman–Crippen MR) is 61.7 cm³/mol. The van der Waals surface area contributed by atoms with Crippen molar-refractivity contribution in [3.8, 4) is 0 Å². The SMILES string of the molecule is CCC1C(=O)N(CC)c2scc(C)[n+]2C1=O. The van der Waals surface area contributed by atoms with E-state index < -0.39 is 5.92 Å². The molecule has 2 rings (SSSR count). The molecule has 0 radical (unpaired) electrons. The fourth-order valence-corrected chi connectivity index (χ4v) is 3.10. The molecule has 1 aliphatic heterocycles. The highest BCUT2D eigenvalue weighted by molar-refractivity contribution is 7.13. The molecular weight excluding hydrogens is 224 g/mol. The van der Waals surface area contributed by atoms with Crippen LogP contribution in [-0.2, 0) is 4.79 Å². The molecule has 5 heteroatoms. The van der Waals surface area contributed by atoms with Gasteiger partial charge < -0.3 is 0 Å². The van der Waals surface area contributed by atoms with E-state index >= 15 is 0 Å². The molecule has 4 nitrogen and oxygen atoms in total. The summed E-state index contributed by atoms with van der Waals surface area (Å²) in [5, 5.41) is 2.67. The van der Waals surface area contributed by atoms with Crippen LogP contribution in [0.2, 0.25) is 0 Å². The number of amides is 1.